The second-order valence-electron chi connectivity index (χ2n) is 4.91. The topological polar surface area (TPSA) is 44.5 Å². The minimum atomic E-state index is -0.262. The molecule has 1 aliphatic heterocycles. The number of hydrogen-bond acceptors (Lipinski definition) is 3. The van der Waals surface area contributed by atoms with Gasteiger partial charge in [-0.15, -0.1) is 0 Å². The second-order valence-corrected chi connectivity index (χ2v) is 5.71. The Morgan fingerprint density at radius 1 is 1.33 bits per heavy atom. The van der Waals surface area contributed by atoms with Gasteiger partial charge < -0.3 is 15.2 Å². The van der Waals surface area contributed by atoms with Crippen molar-refractivity contribution in [1.82, 2.24) is 0 Å². The molecular weight excluding hydrogens is 301 g/mol. The molecule has 18 heavy (non-hydrogen) atoms. The summed E-state index contributed by atoms with van der Waals surface area (Å²) in [6.45, 7) is 1.61. The van der Waals surface area contributed by atoms with E-state index in [1.807, 2.05) is 0 Å². The zero-order valence-corrected chi connectivity index (χ0v) is 11.6. The van der Waals surface area contributed by atoms with E-state index < -0.39 is 0 Å². The van der Waals surface area contributed by atoms with E-state index in [4.69, 9.17) is 15.2 Å². The molecule has 0 spiro atoms. The van der Waals surface area contributed by atoms with E-state index in [9.17, 15) is 4.39 Å². The van der Waals surface area contributed by atoms with Gasteiger partial charge in [-0.05, 0) is 34.8 Å². The minimum absolute atomic E-state index is 0.197. The van der Waals surface area contributed by atoms with Crippen LogP contribution in [0.1, 0.15) is 24.8 Å². The van der Waals surface area contributed by atoms with E-state index >= 15 is 0 Å². The molecule has 1 aliphatic carbocycles. The highest BCUT2D eigenvalue weighted by atomic mass is 79.9. The Labute approximate surface area is 114 Å². The van der Waals surface area contributed by atoms with E-state index in [1.165, 1.54) is 0 Å². The fraction of sp³-hybridized carbons (Fsp3) is 0.538. The molecule has 5 heteroatoms. The molecule has 1 saturated carbocycles. The summed E-state index contributed by atoms with van der Waals surface area (Å²) >= 11 is 3.28. The van der Waals surface area contributed by atoms with Gasteiger partial charge in [0.15, 0.2) is 11.5 Å². The third kappa shape index (κ3) is 1.80. The lowest BCUT2D eigenvalue weighted by atomic mass is 9.95. The average molecular weight is 316 g/mol. The van der Waals surface area contributed by atoms with Crippen molar-refractivity contribution in [3.05, 3.63) is 21.9 Å². The number of hydrogen-bond donors (Lipinski definition) is 1. The maximum absolute atomic E-state index is 14.4. The second kappa shape index (κ2) is 4.38. The van der Waals surface area contributed by atoms with Gasteiger partial charge in [-0.3, -0.25) is 0 Å². The Kier molecular flexibility index (Phi) is 2.98. The summed E-state index contributed by atoms with van der Waals surface area (Å²) in [4.78, 5) is 0. The first-order valence-electron chi connectivity index (χ1n) is 6.16. The van der Waals surface area contributed by atoms with Crippen LogP contribution in [-0.4, -0.2) is 19.8 Å². The fourth-order valence-electron chi connectivity index (χ4n) is 2.36. The number of nitrogens with two attached hydrogens (primary N) is 1. The van der Waals surface area contributed by atoms with Gasteiger partial charge in [0.25, 0.3) is 0 Å². The Morgan fingerprint density at radius 2 is 2.06 bits per heavy atom. The van der Waals surface area contributed by atoms with Crippen molar-refractivity contribution in [3.63, 3.8) is 0 Å². The van der Waals surface area contributed by atoms with Crippen molar-refractivity contribution in [2.75, 3.05) is 19.8 Å². The van der Waals surface area contributed by atoms with Gasteiger partial charge in [-0.1, -0.05) is 0 Å². The van der Waals surface area contributed by atoms with Crippen molar-refractivity contribution in [1.29, 1.82) is 0 Å². The van der Waals surface area contributed by atoms with Crippen molar-refractivity contribution < 1.29 is 13.9 Å². The van der Waals surface area contributed by atoms with Crippen LogP contribution in [-0.2, 0) is 5.41 Å². The summed E-state index contributed by atoms with van der Waals surface area (Å²) < 4.78 is 25.9. The number of ether oxygens (including phenoxy) is 2. The van der Waals surface area contributed by atoms with Crippen LogP contribution < -0.4 is 15.2 Å². The monoisotopic (exact) mass is 315 g/mol. The quantitative estimate of drug-likeness (QED) is 0.912. The normalized spacial score (nSPS) is 20.4. The van der Waals surface area contributed by atoms with Crippen LogP contribution in [0.2, 0.25) is 0 Å². The number of fused-ring (bicyclic) bond motifs is 1. The summed E-state index contributed by atoms with van der Waals surface area (Å²) in [5, 5.41) is 0. The molecule has 3 nitrogen and oxygen atoms in total. The van der Waals surface area contributed by atoms with Gasteiger partial charge in [0.05, 0.1) is 17.7 Å². The van der Waals surface area contributed by atoms with Gasteiger partial charge in [0.2, 0.25) is 0 Å². The van der Waals surface area contributed by atoms with E-state index in [-0.39, 0.29) is 11.2 Å². The maximum Gasteiger partial charge on any atom is 0.178 e. The zero-order valence-electron chi connectivity index (χ0n) is 9.97. The summed E-state index contributed by atoms with van der Waals surface area (Å²) in [6, 6.07) is 1.76. The fourth-order valence-corrected chi connectivity index (χ4v) is 2.89. The van der Waals surface area contributed by atoms with Crippen LogP contribution in [0, 0.1) is 5.82 Å². The highest BCUT2D eigenvalue weighted by molar-refractivity contribution is 9.10. The molecule has 1 fully saturated rings. The molecule has 0 aromatic heterocycles. The molecule has 3 rings (SSSR count). The highest BCUT2D eigenvalue weighted by Gasteiger charge is 2.46. The van der Waals surface area contributed by atoms with E-state index in [1.54, 1.807) is 6.07 Å². The van der Waals surface area contributed by atoms with Crippen LogP contribution in [0.15, 0.2) is 10.5 Å². The molecule has 0 unspecified atom stereocenters. The van der Waals surface area contributed by atoms with Gasteiger partial charge in [-0.2, -0.15) is 0 Å². The van der Waals surface area contributed by atoms with Gasteiger partial charge >= 0.3 is 0 Å². The third-order valence-corrected chi connectivity index (χ3v) is 4.44. The standard InChI is InChI=1S/C13H15BrFNO2/c14-10-11(15)8(13(7-16)2-3-13)6-9-12(10)18-5-1-4-17-9/h6H,1-5,7,16H2. The van der Waals surface area contributed by atoms with Gasteiger partial charge in [0, 0.05) is 23.9 Å². The molecule has 0 atom stereocenters. The van der Waals surface area contributed by atoms with E-state index in [0.717, 1.165) is 19.3 Å². The van der Waals surface area contributed by atoms with Gasteiger partial charge in [0.1, 0.15) is 5.82 Å². The molecule has 2 aliphatic rings. The highest BCUT2D eigenvalue weighted by Crippen LogP contribution is 2.52. The molecule has 98 valence electrons. The first kappa shape index (κ1) is 12.2. The largest absolute Gasteiger partial charge is 0.490 e. The first-order chi connectivity index (χ1) is 8.68. The number of halogens is 2. The minimum Gasteiger partial charge on any atom is -0.490 e. The van der Waals surface area contributed by atoms with E-state index in [0.29, 0.717) is 41.3 Å². The van der Waals surface area contributed by atoms with Crippen LogP contribution in [0.25, 0.3) is 0 Å². The maximum atomic E-state index is 14.4. The predicted molar refractivity (Wildman–Crippen MR) is 69.7 cm³/mol. The van der Waals surface area contributed by atoms with Crippen LogP contribution in [0.4, 0.5) is 4.39 Å². The molecule has 0 radical (unpaired) electrons. The van der Waals surface area contributed by atoms with Crippen molar-refractivity contribution in [3.8, 4) is 11.5 Å². The lowest BCUT2D eigenvalue weighted by Gasteiger charge is -2.18. The third-order valence-electron chi connectivity index (χ3n) is 3.74. The SMILES string of the molecule is NCC1(c2cc3c(c(Br)c2F)OCCCO3)CC1. The Balaban J connectivity index is 2.12. The number of rotatable bonds is 2. The average Bonchev–Trinajstić information content (AvgIpc) is 3.17. The van der Waals surface area contributed by atoms with Crippen molar-refractivity contribution in [2.24, 2.45) is 5.73 Å². The molecule has 1 aromatic rings. The van der Waals surface area contributed by atoms with E-state index in [2.05, 4.69) is 15.9 Å². The lowest BCUT2D eigenvalue weighted by Crippen LogP contribution is -2.21. The number of benzene rings is 1. The van der Waals surface area contributed by atoms with Crippen LogP contribution in [0.3, 0.4) is 0 Å². The molecule has 0 saturated heterocycles. The molecule has 1 aromatic carbocycles. The van der Waals surface area contributed by atoms with Crippen LogP contribution in [0.5, 0.6) is 11.5 Å². The Morgan fingerprint density at radius 3 is 2.72 bits per heavy atom. The Bertz CT molecular complexity index is 488. The summed E-state index contributed by atoms with van der Waals surface area (Å²) in [5.74, 6) is 0.833. The van der Waals surface area contributed by atoms with Crippen LogP contribution >= 0.6 is 15.9 Å². The van der Waals surface area contributed by atoms with Gasteiger partial charge in [-0.25, -0.2) is 4.39 Å². The Hall–Kier alpha value is -0.810. The van der Waals surface area contributed by atoms with Crippen molar-refractivity contribution in [2.45, 2.75) is 24.7 Å². The molecule has 2 N–H and O–H groups in total. The first-order valence-corrected chi connectivity index (χ1v) is 6.95. The predicted octanol–water partition coefficient (Wildman–Crippen LogP) is 2.74. The van der Waals surface area contributed by atoms with Crippen molar-refractivity contribution >= 4 is 15.9 Å². The summed E-state index contributed by atoms with van der Waals surface area (Å²) in [5.41, 5.74) is 6.23. The zero-order chi connectivity index (χ0) is 12.8. The molecule has 0 bridgehead atoms. The molecule has 1 heterocycles. The summed E-state index contributed by atoms with van der Waals surface area (Å²) in [7, 11) is 0. The lowest BCUT2D eigenvalue weighted by molar-refractivity contribution is 0.296. The smallest absolute Gasteiger partial charge is 0.178 e. The molecule has 0 amide bonds. The summed E-state index contributed by atoms with van der Waals surface area (Å²) in [6.07, 6.45) is 2.68. The molecular formula is C13H15BrFNO2.